The number of anilines is 1. The van der Waals surface area contributed by atoms with Gasteiger partial charge in [0.05, 0.1) is 24.5 Å². The van der Waals surface area contributed by atoms with Crippen LogP contribution in [0.25, 0.3) is 5.57 Å². The van der Waals surface area contributed by atoms with E-state index in [0.29, 0.717) is 48.8 Å². The van der Waals surface area contributed by atoms with Crippen LogP contribution in [0, 0.1) is 12.7 Å². The number of rotatable bonds is 3. The van der Waals surface area contributed by atoms with E-state index < -0.39 is 0 Å². The lowest BCUT2D eigenvalue weighted by atomic mass is 10.0. The van der Waals surface area contributed by atoms with Crippen molar-refractivity contribution in [2.75, 3.05) is 31.2 Å². The Balaban J connectivity index is 1.84. The first kappa shape index (κ1) is 17.4. The highest BCUT2D eigenvalue weighted by Crippen LogP contribution is 2.36. The number of morpholine rings is 1. The normalized spacial score (nSPS) is 17.9. The Morgan fingerprint density at radius 2 is 1.59 bits per heavy atom. The van der Waals surface area contributed by atoms with Crippen molar-refractivity contribution in [3.63, 3.8) is 0 Å². The summed E-state index contributed by atoms with van der Waals surface area (Å²) in [5, 5.41) is 0. The number of hydrogen-bond donors (Lipinski definition) is 0. The van der Waals surface area contributed by atoms with E-state index in [-0.39, 0.29) is 17.6 Å². The molecule has 2 aliphatic rings. The molecular formula is C21H19FN2O3. The van der Waals surface area contributed by atoms with Crippen molar-refractivity contribution in [3.05, 3.63) is 71.2 Å². The maximum Gasteiger partial charge on any atom is 0.282 e. The average molecular weight is 366 g/mol. The Morgan fingerprint density at radius 1 is 0.926 bits per heavy atom. The highest BCUT2D eigenvalue weighted by Gasteiger charge is 2.43. The van der Waals surface area contributed by atoms with Gasteiger partial charge in [0.1, 0.15) is 11.5 Å². The molecule has 0 N–H and O–H groups in total. The fourth-order valence-electron chi connectivity index (χ4n) is 3.51. The van der Waals surface area contributed by atoms with Crippen molar-refractivity contribution in [2.24, 2.45) is 0 Å². The molecule has 1 saturated heterocycles. The summed E-state index contributed by atoms with van der Waals surface area (Å²) in [6.45, 7) is 3.90. The molecule has 2 aliphatic heterocycles. The van der Waals surface area contributed by atoms with Crippen LogP contribution < -0.4 is 4.90 Å². The van der Waals surface area contributed by atoms with Gasteiger partial charge in [0.25, 0.3) is 11.8 Å². The number of benzene rings is 2. The number of ether oxygens (including phenoxy) is 1. The molecule has 2 aromatic rings. The van der Waals surface area contributed by atoms with E-state index >= 15 is 0 Å². The zero-order valence-electron chi connectivity index (χ0n) is 14.9. The minimum Gasteiger partial charge on any atom is -0.378 e. The van der Waals surface area contributed by atoms with E-state index in [9.17, 15) is 14.0 Å². The SMILES string of the molecule is Cc1ccccc1N1C(=O)C(c2ccc(F)cc2)=C(N2CCOCC2)C1=O. The summed E-state index contributed by atoms with van der Waals surface area (Å²) in [5.41, 5.74) is 2.60. The summed E-state index contributed by atoms with van der Waals surface area (Å²) in [7, 11) is 0. The van der Waals surface area contributed by atoms with Gasteiger partial charge in [0.15, 0.2) is 0 Å². The van der Waals surface area contributed by atoms with Gasteiger partial charge in [0.2, 0.25) is 0 Å². The lowest BCUT2D eigenvalue weighted by molar-refractivity contribution is -0.121. The molecule has 0 spiro atoms. The van der Waals surface area contributed by atoms with Crippen molar-refractivity contribution in [1.29, 1.82) is 0 Å². The van der Waals surface area contributed by atoms with Crippen molar-refractivity contribution in [3.8, 4) is 0 Å². The molecule has 1 fully saturated rings. The molecule has 138 valence electrons. The van der Waals surface area contributed by atoms with Crippen molar-refractivity contribution < 1.29 is 18.7 Å². The van der Waals surface area contributed by atoms with Crippen molar-refractivity contribution in [2.45, 2.75) is 6.92 Å². The molecule has 0 bridgehead atoms. The van der Waals surface area contributed by atoms with E-state index in [1.807, 2.05) is 24.0 Å². The molecule has 0 saturated carbocycles. The fourth-order valence-corrected chi connectivity index (χ4v) is 3.51. The molecule has 2 amide bonds. The number of aryl methyl sites for hydroxylation is 1. The Kier molecular flexibility index (Phi) is 4.49. The second-order valence-electron chi connectivity index (χ2n) is 6.56. The molecule has 5 nitrogen and oxygen atoms in total. The third-order valence-electron chi connectivity index (χ3n) is 4.88. The first-order valence-corrected chi connectivity index (χ1v) is 8.85. The molecular weight excluding hydrogens is 347 g/mol. The van der Waals surface area contributed by atoms with Gasteiger partial charge < -0.3 is 9.64 Å². The Hall–Kier alpha value is -2.99. The predicted molar refractivity (Wildman–Crippen MR) is 99.4 cm³/mol. The van der Waals surface area contributed by atoms with Gasteiger partial charge in [-0.05, 0) is 36.2 Å². The molecule has 27 heavy (non-hydrogen) atoms. The van der Waals surface area contributed by atoms with Gasteiger partial charge in [-0.25, -0.2) is 9.29 Å². The van der Waals surface area contributed by atoms with Gasteiger partial charge in [0, 0.05) is 13.1 Å². The zero-order valence-corrected chi connectivity index (χ0v) is 14.9. The number of nitrogens with zero attached hydrogens (tertiary/aromatic N) is 2. The van der Waals surface area contributed by atoms with Crippen molar-refractivity contribution >= 4 is 23.1 Å². The number of amides is 2. The Morgan fingerprint density at radius 3 is 2.26 bits per heavy atom. The molecule has 0 aromatic heterocycles. The van der Waals surface area contributed by atoms with Gasteiger partial charge in [-0.15, -0.1) is 0 Å². The van der Waals surface area contributed by atoms with E-state index in [2.05, 4.69) is 0 Å². The van der Waals surface area contributed by atoms with E-state index in [1.165, 1.54) is 29.2 Å². The summed E-state index contributed by atoms with van der Waals surface area (Å²) >= 11 is 0. The van der Waals surface area contributed by atoms with Crippen LogP contribution in [0.5, 0.6) is 0 Å². The fraction of sp³-hybridized carbons (Fsp3) is 0.238. The van der Waals surface area contributed by atoms with E-state index in [1.54, 1.807) is 12.1 Å². The number of hydrogen-bond acceptors (Lipinski definition) is 4. The quantitative estimate of drug-likeness (QED) is 0.784. The first-order valence-electron chi connectivity index (χ1n) is 8.85. The molecule has 0 unspecified atom stereocenters. The van der Waals surface area contributed by atoms with Gasteiger partial charge in [-0.1, -0.05) is 30.3 Å². The maximum atomic E-state index is 13.4. The number of para-hydroxylation sites is 1. The summed E-state index contributed by atoms with van der Waals surface area (Å²) in [6, 6.07) is 13.0. The molecule has 0 aliphatic carbocycles. The largest absolute Gasteiger partial charge is 0.378 e. The third kappa shape index (κ3) is 3.02. The number of halogens is 1. The topological polar surface area (TPSA) is 49.9 Å². The van der Waals surface area contributed by atoms with Crippen LogP contribution in [0.15, 0.2) is 54.2 Å². The van der Waals surface area contributed by atoms with Gasteiger partial charge in [-0.3, -0.25) is 9.59 Å². The maximum absolute atomic E-state index is 13.4. The van der Waals surface area contributed by atoms with Crippen LogP contribution in [0.2, 0.25) is 0 Å². The molecule has 0 atom stereocenters. The minimum atomic E-state index is -0.389. The summed E-state index contributed by atoms with van der Waals surface area (Å²) in [4.78, 5) is 29.7. The highest BCUT2D eigenvalue weighted by molar-refractivity contribution is 6.45. The molecule has 2 heterocycles. The summed E-state index contributed by atoms with van der Waals surface area (Å²) in [5.74, 6) is -1.13. The van der Waals surface area contributed by atoms with Crippen LogP contribution in [-0.2, 0) is 14.3 Å². The Bertz CT molecular complexity index is 931. The van der Waals surface area contributed by atoms with Crippen LogP contribution in [-0.4, -0.2) is 43.0 Å². The summed E-state index contributed by atoms with van der Waals surface area (Å²) < 4.78 is 18.8. The van der Waals surface area contributed by atoms with Crippen LogP contribution in [0.4, 0.5) is 10.1 Å². The predicted octanol–water partition coefficient (Wildman–Crippen LogP) is 2.75. The lowest BCUT2D eigenvalue weighted by Crippen LogP contribution is -2.40. The molecule has 2 aromatic carbocycles. The van der Waals surface area contributed by atoms with E-state index in [0.717, 1.165) is 5.56 Å². The monoisotopic (exact) mass is 366 g/mol. The number of imide groups is 1. The lowest BCUT2D eigenvalue weighted by Gasteiger charge is -2.29. The molecule has 0 radical (unpaired) electrons. The zero-order chi connectivity index (χ0) is 19.0. The summed E-state index contributed by atoms with van der Waals surface area (Å²) in [6.07, 6.45) is 0. The van der Waals surface area contributed by atoms with E-state index in [4.69, 9.17) is 4.74 Å². The number of carbonyl (C=O) groups excluding carboxylic acids is 2. The first-order chi connectivity index (χ1) is 13.1. The van der Waals surface area contributed by atoms with Crippen LogP contribution >= 0.6 is 0 Å². The van der Waals surface area contributed by atoms with Gasteiger partial charge in [-0.2, -0.15) is 0 Å². The second kappa shape index (κ2) is 6.96. The smallest absolute Gasteiger partial charge is 0.282 e. The molecule has 4 rings (SSSR count). The third-order valence-corrected chi connectivity index (χ3v) is 4.88. The van der Waals surface area contributed by atoms with Crippen LogP contribution in [0.1, 0.15) is 11.1 Å². The highest BCUT2D eigenvalue weighted by atomic mass is 19.1. The average Bonchev–Trinajstić information content (AvgIpc) is 2.94. The van der Waals surface area contributed by atoms with Crippen LogP contribution in [0.3, 0.4) is 0 Å². The van der Waals surface area contributed by atoms with Crippen molar-refractivity contribution in [1.82, 2.24) is 4.90 Å². The molecule has 6 heteroatoms. The Labute approximate surface area is 156 Å². The second-order valence-corrected chi connectivity index (χ2v) is 6.56. The minimum absolute atomic E-state index is 0.310. The number of carbonyl (C=O) groups is 2. The van der Waals surface area contributed by atoms with Gasteiger partial charge >= 0.3 is 0 Å². The standard InChI is InChI=1S/C21H19FN2O3/c1-14-4-2-3-5-17(14)24-20(25)18(15-6-8-16(22)9-7-15)19(21(24)26)23-10-12-27-13-11-23/h2-9H,10-13H2,1H3.